The van der Waals surface area contributed by atoms with Gasteiger partial charge in [-0.3, -0.25) is 0 Å². The molecule has 0 aromatic heterocycles. The average molecular weight is 743 g/mol. The van der Waals surface area contributed by atoms with Gasteiger partial charge in [-0.05, 0) is 0 Å². The van der Waals surface area contributed by atoms with Crippen LogP contribution in [0, 0.1) is 0 Å². The summed E-state index contributed by atoms with van der Waals surface area (Å²) < 4.78 is 46.3. The molecule has 0 radical (unpaired) electrons. The Morgan fingerprint density at radius 2 is 0.696 bits per heavy atom. The third-order valence-electron chi connectivity index (χ3n) is 7.12. The van der Waals surface area contributed by atoms with Crippen LogP contribution in [-0.4, -0.2) is 43.2 Å². The van der Waals surface area contributed by atoms with E-state index in [9.17, 15) is 17.3 Å². The molecule has 0 amide bonds. The van der Waals surface area contributed by atoms with Crippen LogP contribution >= 0.6 is 0 Å². The molecule has 0 spiro atoms. The first-order chi connectivity index (χ1) is 22.3. The van der Waals surface area contributed by atoms with Crippen molar-refractivity contribution in [3.8, 4) is 0 Å². The second kappa shape index (κ2) is 15.3. The second-order valence-corrected chi connectivity index (χ2v) is 22.7. The fraction of sp³-hybridized carbons (Fsp3) is 0. The molecule has 0 aliphatic heterocycles. The van der Waals surface area contributed by atoms with Crippen molar-refractivity contribution in [1.29, 1.82) is 0 Å². The molecule has 0 aliphatic rings. The Bertz CT molecular complexity index is 1740. The molecule has 1 nitrogen and oxygen atoms in total. The number of hydrogen-bond acceptors (Lipinski definition) is 1. The van der Waals surface area contributed by atoms with E-state index in [1.807, 2.05) is 30.3 Å². The van der Waals surface area contributed by atoms with Crippen molar-refractivity contribution in [2.45, 2.75) is 0 Å². The van der Waals surface area contributed by atoms with Crippen LogP contribution in [0.5, 0.6) is 0 Å². The van der Waals surface area contributed by atoms with E-state index < -0.39 is 34.3 Å². The SMILES string of the molecule is F[B-](F)(F)F.O=C(C([Se+](c1ccccc1)c1ccccc1)=[As](c1ccccc1)(c1ccccc1)c1ccccc1)c1ccccc1. The van der Waals surface area contributed by atoms with Gasteiger partial charge in [0.2, 0.25) is 0 Å². The first kappa shape index (κ1) is 33.1. The van der Waals surface area contributed by atoms with Crippen molar-refractivity contribution in [3.05, 3.63) is 188 Å². The number of hydrogen-bond donors (Lipinski definition) is 0. The number of benzene rings is 6. The predicted octanol–water partition coefficient (Wildman–Crippen LogP) is 5.94. The summed E-state index contributed by atoms with van der Waals surface area (Å²) >= 11 is -5.73. The van der Waals surface area contributed by atoms with Crippen LogP contribution in [0.25, 0.3) is 0 Å². The zero-order chi connectivity index (χ0) is 32.4. The van der Waals surface area contributed by atoms with E-state index in [4.69, 9.17) is 0 Å². The quantitative estimate of drug-likeness (QED) is 0.107. The molecule has 0 atom stereocenters. The number of halogens is 4. The first-order valence-corrected chi connectivity index (χ1v) is 20.9. The molecule has 230 valence electrons. The maximum absolute atomic E-state index is 15.3. The number of Topliss-reactive ketones (excluding diaryl/α,β-unsaturated/α-hetero) is 1. The summed E-state index contributed by atoms with van der Waals surface area (Å²) in [6.45, 7) is 0. The molecular formula is C38H30AsBF4OSe. The summed E-state index contributed by atoms with van der Waals surface area (Å²) in [5, 5.41) is 0. The van der Waals surface area contributed by atoms with Crippen LogP contribution in [0.4, 0.5) is 17.3 Å². The Kier molecular flexibility index (Phi) is 11.0. The monoisotopic (exact) mass is 744 g/mol. The third-order valence-corrected chi connectivity index (χ3v) is 24.9. The standard InChI is InChI=1S/C38H30AsOSe.BF4/c40-37(31-19-7-1-8-20-31)38(41(35-27-15-5-16-28-35)36-29-17-6-18-30-36)39(32-21-9-2-10-22-32,33-23-11-3-12-24-33)34-25-13-4-14-26-34;2-1(3,4)5/h1-30H;/q+1;-1. The topological polar surface area (TPSA) is 17.1 Å². The van der Waals surface area contributed by atoms with Gasteiger partial charge in [0.05, 0.1) is 0 Å². The van der Waals surface area contributed by atoms with E-state index in [1.165, 1.54) is 22.0 Å². The Morgan fingerprint density at radius 1 is 0.435 bits per heavy atom. The van der Waals surface area contributed by atoms with Gasteiger partial charge in [0.25, 0.3) is 0 Å². The summed E-state index contributed by atoms with van der Waals surface area (Å²) in [6, 6.07) is 63.9. The van der Waals surface area contributed by atoms with E-state index in [1.54, 1.807) is 0 Å². The number of carbonyl (C=O) groups excluding carboxylic acids is 1. The molecule has 6 aromatic rings. The van der Waals surface area contributed by atoms with E-state index in [-0.39, 0.29) is 5.78 Å². The zero-order valence-corrected chi connectivity index (χ0v) is 28.3. The average Bonchev–Trinajstić information content (AvgIpc) is 3.10. The van der Waals surface area contributed by atoms with Crippen LogP contribution in [0.1, 0.15) is 10.4 Å². The number of carbonyl (C=O) groups is 1. The summed E-state index contributed by atoms with van der Waals surface area (Å²) in [6.07, 6.45) is 0. The van der Waals surface area contributed by atoms with E-state index >= 15 is 4.79 Å². The summed E-state index contributed by atoms with van der Waals surface area (Å²) in [5.41, 5.74) is 0.747. The fourth-order valence-corrected chi connectivity index (χ4v) is 26.7. The second-order valence-electron chi connectivity index (χ2n) is 10.1. The van der Waals surface area contributed by atoms with Gasteiger partial charge in [-0.25, -0.2) is 0 Å². The molecule has 6 rings (SSSR count). The third kappa shape index (κ3) is 7.74. The molecule has 0 heterocycles. The van der Waals surface area contributed by atoms with Crippen molar-refractivity contribution >= 4 is 65.2 Å². The first-order valence-electron chi connectivity index (χ1n) is 14.5. The van der Waals surface area contributed by atoms with E-state index in [0.717, 1.165) is 8.77 Å². The number of rotatable bonds is 8. The summed E-state index contributed by atoms with van der Waals surface area (Å²) in [4.78, 5) is 15.3. The maximum atomic E-state index is 15.3. The molecule has 0 saturated heterocycles. The molecule has 0 saturated carbocycles. The van der Waals surface area contributed by atoms with Gasteiger partial charge in [0.15, 0.2) is 0 Å². The normalized spacial score (nSPS) is 11.3. The molecule has 0 fully saturated rings. The van der Waals surface area contributed by atoms with Gasteiger partial charge in [0.1, 0.15) is 0 Å². The zero-order valence-electron chi connectivity index (χ0n) is 24.7. The molecule has 0 unspecified atom stereocenters. The Labute approximate surface area is 273 Å². The van der Waals surface area contributed by atoms with Crippen molar-refractivity contribution in [3.63, 3.8) is 0 Å². The van der Waals surface area contributed by atoms with Crippen LogP contribution in [0.15, 0.2) is 182 Å². The van der Waals surface area contributed by atoms with E-state index in [2.05, 4.69) is 152 Å². The molecule has 6 aromatic carbocycles. The molecule has 0 N–H and O–H groups in total. The van der Waals surface area contributed by atoms with Crippen molar-refractivity contribution < 1.29 is 22.1 Å². The fourth-order valence-electron chi connectivity index (χ4n) is 5.32. The van der Waals surface area contributed by atoms with Gasteiger partial charge >= 0.3 is 258 Å². The Hall–Kier alpha value is -4.28. The van der Waals surface area contributed by atoms with Crippen molar-refractivity contribution in [2.24, 2.45) is 0 Å². The predicted molar refractivity (Wildman–Crippen MR) is 188 cm³/mol. The van der Waals surface area contributed by atoms with Crippen LogP contribution in [-0.2, 0) is 0 Å². The van der Waals surface area contributed by atoms with Gasteiger partial charge in [-0.15, -0.1) is 0 Å². The van der Waals surface area contributed by atoms with Crippen molar-refractivity contribution in [1.82, 2.24) is 0 Å². The van der Waals surface area contributed by atoms with Crippen LogP contribution < -0.4 is 22.0 Å². The minimum absolute atomic E-state index is 0.160. The number of ketones is 1. The van der Waals surface area contributed by atoms with Crippen LogP contribution in [0.2, 0.25) is 0 Å². The Balaban J connectivity index is 0.000000775. The molecule has 8 heteroatoms. The van der Waals surface area contributed by atoms with Crippen LogP contribution in [0.3, 0.4) is 0 Å². The van der Waals surface area contributed by atoms with Gasteiger partial charge in [-0.1, -0.05) is 0 Å². The minimum atomic E-state index is -6.00. The van der Waals surface area contributed by atoms with Crippen molar-refractivity contribution in [2.75, 3.05) is 0 Å². The van der Waals surface area contributed by atoms with Gasteiger partial charge in [-0.2, -0.15) is 0 Å². The summed E-state index contributed by atoms with van der Waals surface area (Å²) in [7, 11) is -6.00. The molecule has 46 heavy (non-hydrogen) atoms. The van der Waals surface area contributed by atoms with Gasteiger partial charge in [0, 0.05) is 0 Å². The Morgan fingerprint density at radius 3 is 1.00 bits per heavy atom. The van der Waals surface area contributed by atoms with Gasteiger partial charge < -0.3 is 17.3 Å². The molecule has 0 bridgehead atoms. The summed E-state index contributed by atoms with van der Waals surface area (Å²) in [5.74, 6) is 0.160. The molecular weight excluding hydrogens is 713 g/mol. The van der Waals surface area contributed by atoms with E-state index in [0.29, 0.717) is 0 Å². The molecule has 0 aliphatic carbocycles.